The van der Waals surface area contributed by atoms with Gasteiger partial charge in [-0.25, -0.2) is 19.2 Å². The Labute approximate surface area is 198 Å². The van der Waals surface area contributed by atoms with E-state index < -0.39 is 23.1 Å². The minimum atomic E-state index is -1.11. The van der Waals surface area contributed by atoms with Crippen molar-refractivity contribution in [1.29, 1.82) is 0 Å². The lowest BCUT2D eigenvalue weighted by atomic mass is 10.1. The molecule has 11 heteroatoms. The predicted molar refractivity (Wildman–Crippen MR) is 127 cm³/mol. The fourth-order valence-electron chi connectivity index (χ4n) is 3.44. The molecule has 0 fully saturated rings. The van der Waals surface area contributed by atoms with Gasteiger partial charge < -0.3 is 15.8 Å². The van der Waals surface area contributed by atoms with Crippen molar-refractivity contribution >= 4 is 28.3 Å². The van der Waals surface area contributed by atoms with Crippen LogP contribution in [0.3, 0.4) is 0 Å². The standard InChI is InChI=1S/C24H22F2N6O3/c25-17-11-16(12-18(26)22(17)24(34)32-35-9-8-33)20-5-6-21(31-27)23(30-20)29-13-14-3-4-19-15(10-14)2-1-7-28-19/h1-7,10-12,31,33H,8-9,13,27H2,(H,29,30)(H,32,34). The average molecular weight is 480 g/mol. The number of aromatic nitrogens is 2. The molecule has 0 aliphatic rings. The first kappa shape index (κ1) is 24.0. The van der Waals surface area contributed by atoms with E-state index in [1.165, 1.54) is 0 Å². The van der Waals surface area contributed by atoms with Crippen LogP contribution in [0.2, 0.25) is 0 Å². The molecule has 1 amide bonds. The Hall–Kier alpha value is -4.19. The van der Waals surface area contributed by atoms with Crippen molar-refractivity contribution in [2.45, 2.75) is 6.54 Å². The molecule has 4 rings (SSSR count). The number of carbonyl (C=O) groups is 1. The third-order valence-corrected chi connectivity index (χ3v) is 5.10. The maximum atomic E-state index is 14.6. The van der Waals surface area contributed by atoms with Crippen molar-refractivity contribution < 1.29 is 23.5 Å². The Balaban J connectivity index is 1.57. The number of carbonyl (C=O) groups excluding carboxylic acids is 1. The molecule has 0 atom stereocenters. The number of aliphatic hydroxyl groups excluding tert-OH is 1. The summed E-state index contributed by atoms with van der Waals surface area (Å²) in [4.78, 5) is 25.4. The molecule has 2 heterocycles. The van der Waals surface area contributed by atoms with Crippen molar-refractivity contribution in [2.24, 2.45) is 5.84 Å². The number of benzene rings is 2. The number of hydrogen-bond donors (Lipinski definition) is 5. The smallest absolute Gasteiger partial charge is 0.280 e. The minimum absolute atomic E-state index is 0.122. The van der Waals surface area contributed by atoms with Gasteiger partial charge in [0.1, 0.15) is 17.2 Å². The average Bonchev–Trinajstić information content (AvgIpc) is 2.87. The Bertz CT molecular complexity index is 1350. The van der Waals surface area contributed by atoms with Crippen LogP contribution >= 0.6 is 0 Å². The molecule has 0 saturated heterocycles. The molecule has 0 unspecified atom stereocenters. The van der Waals surface area contributed by atoms with E-state index >= 15 is 0 Å². The van der Waals surface area contributed by atoms with E-state index in [1.54, 1.807) is 18.3 Å². The molecule has 180 valence electrons. The van der Waals surface area contributed by atoms with Crippen LogP contribution in [0.1, 0.15) is 15.9 Å². The normalized spacial score (nSPS) is 10.9. The molecular weight excluding hydrogens is 458 g/mol. The maximum Gasteiger partial charge on any atom is 0.280 e. The summed E-state index contributed by atoms with van der Waals surface area (Å²) < 4.78 is 29.2. The third-order valence-electron chi connectivity index (χ3n) is 5.10. The second kappa shape index (κ2) is 10.8. The van der Waals surface area contributed by atoms with E-state index in [0.29, 0.717) is 18.1 Å². The molecule has 4 aromatic rings. The molecule has 9 nitrogen and oxygen atoms in total. The van der Waals surface area contributed by atoms with Crippen LogP contribution in [0.5, 0.6) is 0 Å². The van der Waals surface area contributed by atoms with Gasteiger partial charge in [-0.2, -0.15) is 0 Å². The van der Waals surface area contributed by atoms with Crippen LogP contribution in [0.15, 0.2) is 60.8 Å². The van der Waals surface area contributed by atoms with Crippen molar-refractivity contribution in [3.63, 3.8) is 0 Å². The molecule has 2 aromatic heterocycles. The van der Waals surface area contributed by atoms with Gasteiger partial charge in [0.05, 0.1) is 30.1 Å². The van der Waals surface area contributed by atoms with Crippen LogP contribution < -0.4 is 22.1 Å². The van der Waals surface area contributed by atoms with Gasteiger partial charge in [-0.15, -0.1) is 0 Å². The van der Waals surface area contributed by atoms with Gasteiger partial charge in [0.2, 0.25) is 0 Å². The summed E-state index contributed by atoms with van der Waals surface area (Å²) in [6.45, 7) is -0.173. The Morgan fingerprint density at radius 1 is 1.09 bits per heavy atom. The number of anilines is 2. The molecule has 0 spiro atoms. The van der Waals surface area contributed by atoms with Crippen LogP contribution in [-0.4, -0.2) is 34.2 Å². The predicted octanol–water partition coefficient (Wildman–Crippen LogP) is 3.13. The molecular formula is C24H22F2N6O3. The fraction of sp³-hybridized carbons (Fsp3) is 0.125. The van der Waals surface area contributed by atoms with E-state index in [-0.39, 0.29) is 24.5 Å². The van der Waals surface area contributed by atoms with Gasteiger partial charge in [-0.3, -0.25) is 20.5 Å². The number of rotatable bonds is 9. The third kappa shape index (κ3) is 5.49. The highest BCUT2D eigenvalue weighted by Crippen LogP contribution is 2.28. The zero-order valence-corrected chi connectivity index (χ0v) is 18.4. The van der Waals surface area contributed by atoms with E-state index in [1.807, 2.05) is 35.8 Å². The Kier molecular flexibility index (Phi) is 7.41. The molecule has 0 bridgehead atoms. The summed E-state index contributed by atoms with van der Waals surface area (Å²) in [5.74, 6) is 2.69. The number of nitrogen functional groups attached to an aromatic ring is 1. The fourth-order valence-corrected chi connectivity index (χ4v) is 3.44. The second-order valence-electron chi connectivity index (χ2n) is 7.44. The number of hydrazine groups is 1. The number of halogens is 2. The zero-order valence-electron chi connectivity index (χ0n) is 18.4. The first-order valence-electron chi connectivity index (χ1n) is 10.6. The Morgan fingerprint density at radius 2 is 1.89 bits per heavy atom. The number of hydrogen-bond acceptors (Lipinski definition) is 8. The maximum absolute atomic E-state index is 14.6. The Morgan fingerprint density at radius 3 is 2.63 bits per heavy atom. The van der Waals surface area contributed by atoms with Gasteiger partial charge in [0.25, 0.3) is 5.91 Å². The monoisotopic (exact) mass is 480 g/mol. The number of nitrogens with two attached hydrogens (primary N) is 1. The van der Waals surface area contributed by atoms with Crippen LogP contribution in [-0.2, 0) is 11.4 Å². The van der Waals surface area contributed by atoms with Crippen LogP contribution in [0.25, 0.3) is 22.2 Å². The number of pyridine rings is 2. The van der Waals surface area contributed by atoms with Gasteiger partial charge in [-0.05, 0) is 48.0 Å². The number of aliphatic hydroxyl groups is 1. The largest absolute Gasteiger partial charge is 0.394 e. The first-order valence-corrected chi connectivity index (χ1v) is 10.6. The lowest BCUT2D eigenvalue weighted by Crippen LogP contribution is -2.27. The quantitative estimate of drug-likeness (QED) is 0.140. The number of nitrogens with zero attached hydrogens (tertiary/aromatic N) is 2. The molecule has 2 aromatic carbocycles. The zero-order chi connectivity index (χ0) is 24.8. The van der Waals surface area contributed by atoms with Crippen molar-refractivity contribution in [3.05, 3.63) is 83.6 Å². The van der Waals surface area contributed by atoms with Gasteiger partial charge >= 0.3 is 0 Å². The van der Waals surface area contributed by atoms with Crippen molar-refractivity contribution in [3.8, 4) is 11.3 Å². The molecule has 35 heavy (non-hydrogen) atoms. The first-order chi connectivity index (χ1) is 17.0. The molecule has 0 radical (unpaired) electrons. The molecule has 0 aliphatic heterocycles. The van der Waals surface area contributed by atoms with Crippen LogP contribution in [0, 0.1) is 11.6 Å². The topological polar surface area (TPSA) is 134 Å². The van der Waals surface area contributed by atoms with E-state index in [0.717, 1.165) is 28.6 Å². The summed E-state index contributed by atoms with van der Waals surface area (Å²) in [5, 5.41) is 12.8. The van der Waals surface area contributed by atoms with Crippen molar-refractivity contribution in [1.82, 2.24) is 15.4 Å². The highest BCUT2D eigenvalue weighted by Gasteiger charge is 2.20. The summed E-state index contributed by atoms with van der Waals surface area (Å²) in [6.07, 6.45) is 1.73. The minimum Gasteiger partial charge on any atom is -0.394 e. The SMILES string of the molecule is NNc1ccc(-c2cc(F)c(C(=O)NOCCO)c(F)c2)nc1NCc1ccc2ncccc2c1. The van der Waals surface area contributed by atoms with E-state index in [2.05, 4.69) is 25.5 Å². The summed E-state index contributed by atoms with van der Waals surface area (Å²) in [5.41, 5.74) is 6.32. The lowest BCUT2D eigenvalue weighted by molar-refractivity contribution is 0.0162. The van der Waals surface area contributed by atoms with Gasteiger partial charge in [0.15, 0.2) is 5.82 Å². The number of nitrogens with one attached hydrogen (secondary N) is 3. The lowest BCUT2D eigenvalue weighted by Gasteiger charge is -2.14. The second-order valence-corrected chi connectivity index (χ2v) is 7.44. The number of fused-ring (bicyclic) bond motifs is 1. The summed E-state index contributed by atoms with van der Waals surface area (Å²) in [6, 6.07) is 14.8. The highest BCUT2D eigenvalue weighted by molar-refractivity contribution is 5.94. The van der Waals surface area contributed by atoms with E-state index in [9.17, 15) is 13.6 Å². The summed E-state index contributed by atoms with van der Waals surface area (Å²) in [7, 11) is 0. The number of amides is 1. The summed E-state index contributed by atoms with van der Waals surface area (Å²) >= 11 is 0. The molecule has 0 saturated carbocycles. The van der Waals surface area contributed by atoms with Crippen LogP contribution in [0.4, 0.5) is 20.3 Å². The molecule has 0 aliphatic carbocycles. The highest BCUT2D eigenvalue weighted by atomic mass is 19.1. The van der Waals surface area contributed by atoms with E-state index in [4.69, 9.17) is 10.9 Å². The van der Waals surface area contributed by atoms with Crippen molar-refractivity contribution in [2.75, 3.05) is 24.0 Å². The van der Waals surface area contributed by atoms with Gasteiger partial charge in [-0.1, -0.05) is 12.1 Å². The molecule has 6 N–H and O–H groups in total. The van der Waals surface area contributed by atoms with Gasteiger partial charge in [0, 0.05) is 23.7 Å². The number of hydroxylamine groups is 1.